The highest BCUT2D eigenvalue weighted by Gasteiger charge is 2.11. The summed E-state index contributed by atoms with van der Waals surface area (Å²) in [6.45, 7) is 3.64. The molecule has 0 fully saturated rings. The highest BCUT2D eigenvalue weighted by atomic mass is 35.5. The highest BCUT2D eigenvalue weighted by Crippen LogP contribution is 2.19. The Kier molecular flexibility index (Phi) is 6.44. The number of halogens is 1. The maximum absolute atomic E-state index is 12.1. The van der Waals surface area contributed by atoms with E-state index in [0.717, 1.165) is 28.4 Å². The van der Waals surface area contributed by atoms with Crippen LogP contribution in [0.15, 0.2) is 48.5 Å². The maximum atomic E-state index is 12.1. The third-order valence-electron chi connectivity index (χ3n) is 3.47. The van der Waals surface area contributed by atoms with Crippen LogP contribution in [0.2, 0.25) is 5.02 Å². The van der Waals surface area contributed by atoms with Crippen molar-refractivity contribution in [1.82, 2.24) is 0 Å². The van der Waals surface area contributed by atoms with Gasteiger partial charge in [-0.1, -0.05) is 29.8 Å². The molecule has 2 N–H and O–H groups in total. The van der Waals surface area contributed by atoms with Gasteiger partial charge >= 0.3 is 0 Å². The van der Waals surface area contributed by atoms with Crippen LogP contribution in [0.1, 0.15) is 5.56 Å². The maximum Gasteiger partial charge on any atom is 0.279 e. The molecule has 0 saturated heterocycles. The molecule has 0 aromatic heterocycles. The third kappa shape index (κ3) is 5.93. The molecule has 2 aromatic rings. The quantitative estimate of drug-likeness (QED) is 0.815. The lowest BCUT2D eigenvalue weighted by atomic mass is 10.2. The van der Waals surface area contributed by atoms with E-state index in [4.69, 9.17) is 16.3 Å². The predicted molar refractivity (Wildman–Crippen MR) is 93.4 cm³/mol. The number of hydrogen-bond donors (Lipinski definition) is 2. The molecule has 2 aromatic carbocycles. The number of ether oxygens (including phenoxy) is 1. The van der Waals surface area contributed by atoms with Crippen molar-refractivity contribution >= 4 is 23.2 Å². The van der Waals surface area contributed by atoms with Gasteiger partial charge in [0.05, 0.1) is 7.05 Å². The fourth-order valence-electron chi connectivity index (χ4n) is 2.18. The summed E-state index contributed by atoms with van der Waals surface area (Å²) in [7, 11) is 1.97. The van der Waals surface area contributed by atoms with E-state index in [1.54, 1.807) is 6.07 Å². The van der Waals surface area contributed by atoms with Crippen LogP contribution >= 0.6 is 11.6 Å². The zero-order valence-electron chi connectivity index (χ0n) is 13.4. The molecule has 2 rings (SSSR count). The molecule has 0 heterocycles. The Labute approximate surface area is 142 Å². The second-order valence-electron chi connectivity index (χ2n) is 5.55. The molecule has 0 radical (unpaired) electrons. The highest BCUT2D eigenvalue weighted by molar-refractivity contribution is 6.30. The van der Waals surface area contributed by atoms with Gasteiger partial charge < -0.3 is 15.0 Å². The molecule has 0 aliphatic heterocycles. The Balaban J connectivity index is 1.74. The number of hydrogen-bond acceptors (Lipinski definition) is 2. The predicted octanol–water partition coefficient (Wildman–Crippen LogP) is 2.18. The number of quaternary nitrogens is 1. The Morgan fingerprint density at radius 3 is 2.65 bits per heavy atom. The summed E-state index contributed by atoms with van der Waals surface area (Å²) in [6.07, 6.45) is 0. The molecule has 0 bridgehead atoms. The van der Waals surface area contributed by atoms with Crippen molar-refractivity contribution in [3.8, 4) is 5.75 Å². The Hall–Kier alpha value is -2.04. The lowest BCUT2D eigenvalue weighted by molar-refractivity contribution is -0.871. The topological polar surface area (TPSA) is 42.8 Å². The van der Waals surface area contributed by atoms with Gasteiger partial charge in [-0.3, -0.25) is 4.79 Å². The lowest BCUT2D eigenvalue weighted by Crippen LogP contribution is -3.10. The van der Waals surface area contributed by atoms with Gasteiger partial charge in [-0.15, -0.1) is 0 Å². The number of carbonyl (C=O) groups is 1. The van der Waals surface area contributed by atoms with E-state index < -0.39 is 0 Å². The number of likely N-dealkylation sites (N-methyl/N-ethyl adjacent to an activating group) is 1. The molecule has 23 heavy (non-hydrogen) atoms. The summed E-state index contributed by atoms with van der Waals surface area (Å²) in [5.74, 6) is 0.828. The zero-order valence-corrected chi connectivity index (χ0v) is 14.2. The summed E-state index contributed by atoms with van der Waals surface area (Å²) < 4.78 is 5.64. The average Bonchev–Trinajstić information content (AvgIpc) is 2.51. The first-order chi connectivity index (χ1) is 11.0. The number of amides is 1. The summed E-state index contributed by atoms with van der Waals surface area (Å²) in [6, 6.07) is 15.1. The van der Waals surface area contributed by atoms with E-state index in [0.29, 0.717) is 18.2 Å². The molecular formula is C18H22ClN2O2+. The largest absolute Gasteiger partial charge is 0.488 e. The van der Waals surface area contributed by atoms with Gasteiger partial charge in [0.2, 0.25) is 0 Å². The SMILES string of the molecule is Cc1cc(Cl)ccc1NC(=O)C[NH+](C)CCOc1ccccc1. The zero-order chi connectivity index (χ0) is 16.7. The van der Waals surface area contributed by atoms with E-state index >= 15 is 0 Å². The van der Waals surface area contributed by atoms with Crippen LogP contribution in [0.3, 0.4) is 0 Å². The van der Waals surface area contributed by atoms with Crippen molar-refractivity contribution in [3.05, 3.63) is 59.1 Å². The monoisotopic (exact) mass is 333 g/mol. The Bertz CT molecular complexity index is 647. The first kappa shape index (κ1) is 17.3. The molecule has 0 saturated carbocycles. The molecule has 0 aliphatic rings. The fourth-order valence-corrected chi connectivity index (χ4v) is 2.41. The smallest absolute Gasteiger partial charge is 0.279 e. The van der Waals surface area contributed by atoms with Crippen LogP contribution < -0.4 is 15.0 Å². The Morgan fingerprint density at radius 2 is 1.96 bits per heavy atom. The number of anilines is 1. The van der Waals surface area contributed by atoms with Gasteiger partial charge in [0.1, 0.15) is 18.9 Å². The van der Waals surface area contributed by atoms with Gasteiger partial charge in [-0.2, -0.15) is 0 Å². The molecule has 1 unspecified atom stereocenters. The normalized spacial score (nSPS) is 11.8. The van der Waals surface area contributed by atoms with Crippen molar-refractivity contribution in [2.24, 2.45) is 0 Å². The van der Waals surface area contributed by atoms with Crippen LogP contribution in [0, 0.1) is 6.92 Å². The van der Waals surface area contributed by atoms with Crippen LogP contribution in [0.5, 0.6) is 5.75 Å². The fraction of sp³-hybridized carbons (Fsp3) is 0.278. The van der Waals surface area contributed by atoms with Gasteiger partial charge in [0.25, 0.3) is 5.91 Å². The van der Waals surface area contributed by atoms with E-state index in [-0.39, 0.29) is 5.91 Å². The number of rotatable bonds is 7. The molecule has 1 amide bonds. The van der Waals surface area contributed by atoms with E-state index in [1.807, 2.05) is 56.4 Å². The minimum absolute atomic E-state index is 0.0207. The second-order valence-corrected chi connectivity index (χ2v) is 5.99. The van der Waals surface area contributed by atoms with Crippen LogP contribution in [-0.4, -0.2) is 32.7 Å². The van der Waals surface area contributed by atoms with Crippen LogP contribution in [-0.2, 0) is 4.79 Å². The van der Waals surface area contributed by atoms with Gasteiger partial charge in [-0.25, -0.2) is 0 Å². The molecule has 0 spiro atoms. The molecule has 1 atom stereocenters. The van der Waals surface area contributed by atoms with Crippen molar-refractivity contribution < 1.29 is 14.4 Å². The molecule has 4 nitrogen and oxygen atoms in total. The van der Waals surface area contributed by atoms with E-state index in [2.05, 4.69) is 5.32 Å². The summed E-state index contributed by atoms with van der Waals surface area (Å²) in [5.41, 5.74) is 1.75. The molecule has 122 valence electrons. The lowest BCUT2D eigenvalue weighted by Gasteiger charge is -2.15. The molecule has 0 aliphatic carbocycles. The number of nitrogens with one attached hydrogen (secondary N) is 2. The summed E-state index contributed by atoms with van der Waals surface area (Å²) in [5, 5.41) is 3.59. The summed E-state index contributed by atoms with van der Waals surface area (Å²) >= 11 is 5.91. The van der Waals surface area contributed by atoms with Gasteiger partial charge in [0.15, 0.2) is 6.54 Å². The van der Waals surface area contributed by atoms with Crippen LogP contribution in [0.4, 0.5) is 5.69 Å². The minimum atomic E-state index is -0.0207. The first-order valence-electron chi connectivity index (χ1n) is 7.60. The number of para-hydroxylation sites is 1. The standard InChI is InChI=1S/C18H21ClN2O2/c1-14-12-15(19)8-9-17(14)20-18(22)13-21(2)10-11-23-16-6-4-3-5-7-16/h3-9,12H,10-11,13H2,1-2H3,(H,20,22)/p+1. The van der Waals surface area contributed by atoms with Crippen molar-refractivity contribution in [2.75, 3.05) is 32.1 Å². The second kappa shape index (κ2) is 8.56. The van der Waals surface area contributed by atoms with Crippen molar-refractivity contribution in [2.45, 2.75) is 6.92 Å². The average molecular weight is 334 g/mol. The number of aryl methyl sites for hydroxylation is 1. The van der Waals surface area contributed by atoms with Gasteiger partial charge in [0, 0.05) is 10.7 Å². The summed E-state index contributed by atoms with van der Waals surface area (Å²) in [4.78, 5) is 13.2. The Morgan fingerprint density at radius 1 is 1.22 bits per heavy atom. The molecular weight excluding hydrogens is 312 g/mol. The van der Waals surface area contributed by atoms with Gasteiger partial charge in [-0.05, 0) is 42.8 Å². The minimum Gasteiger partial charge on any atom is -0.488 e. The van der Waals surface area contributed by atoms with Crippen molar-refractivity contribution in [3.63, 3.8) is 0 Å². The number of benzene rings is 2. The first-order valence-corrected chi connectivity index (χ1v) is 7.97. The third-order valence-corrected chi connectivity index (χ3v) is 3.70. The van der Waals surface area contributed by atoms with E-state index in [9.17, 15) is 4.79 Å². The van der Waals surface area contributed by atoms with Crippen molar-refractivity contribution in [1.29, 1.82) is 0 Å². The number of carbonyl (C=O) groups excluding carboxylic acids is 1. The molecule has 5 heteroatoms. The van der Waals surface area contributed by atoms with Crippen LogP contribution in [0.25, 0.3) is 0 Å². The van der Waals surface area contributed by atoms with E-state index in [1.165, 1.54) is 0 Å².